The molecular formula is C28H31Cl3N8O4. The van der Waals surface area contributed by atoms with E-state index in [-0.39, 0.29) is 26.7 Å². The molecule has 0 aromatic carbocycles. The minimum Gasteiger partial charge on any atom is -0.464 e. The maximum Gasteiger partial charge on any atom is 0.360 e. The second-order valence-corrected chi connectivity index (χ2v) is 10.3. The zero-order valence-electron chi connectivity index (χ0n) is 24.3. The van der Waals surface area contributed by atoms with Crippen LogP contribution >= 0.6 is 34.8 Å². The second kappa shape index (κ2) is 17.1. The first-order valence-electron chi connectivity index (χ1n) is 12.7. The molecule has 0 spiro atoms. The molecule has 0 saturated carbocycles. The van der Waals surface area contributed by atoms with Crippen molar-refractivity contribution in [3.8, 4) is 0 Å². The van der Waals surface area contributed by atoms with Gasteiger partial charge in [0.15, 0.2) is 21.7 Å². The molecule has 4 aromatic heterocycles. The third kappa shape index (κ3) is 11.2. The van der Waals surface area contributed by atoms with Gasteiger partial charge < -0.3 is 20.5 Å². The summed E-state index contributed by atoms with van der Waals surface area (Å²) in [6.45, 7) is 8.30. The molecule has 4 aromatic rings. The van der Waals surface area contributed by atoms with Gasteiger partial charge >= 0.3 is 11.9 Å². The standard InChI is InChI=1S/C14H15ClN4O2.C8H12N2.C6H4Cl2N2O2/c1-8(2)9-5-4-6-12(16-9)17-10-7-11(15)18-19-13(10)14(20)21-3;1-6(2)7-4-3-5-8(9)10-7;1-12-6(11)5-3(7)2-4(8)9-10-5/h4-8H,1-3H3,(H,16,17,18);3-6H,1-2H3,(H2,9,10);2H,1H3. The third-order valence-electron chi connectivity index (χ3n) is 5.25. The Kier molecular flexibility index (Phi) is 13.9. The Bertz CT molecular complexity index is 1540. The maximum atomic E-state index is 11.7. The summed E-state index contributed by atoms with van der Waals surface area (Å²) in [5.74, 6) is 0.724. The number of carbonyl (C=O) groups is 2. The number of hydrogen-bond acceptors (Lipinski definition) is 12. The van der Waals surface area contributed by atoms with Crippen LogP contribution in [0.25, 0.3) is 0 Å². The molecule has 0 fully saturated rings. The number of nitrogens with one attached hydrogen (secondary N) is 1. The van der Waals surface area contributed by atoms with Gasteiger partial charge in [-0.1, -0.05) is 74.6 Å². The fraction of sp³-hybridized carbons (Fsp3) is 0.286. The number of nitrogen functional groups attached to an aromatic ring is 1. The highest BCUT2D eigenvalue weighted by Gasteiger charge is 2.16. The molecule has 0 unspecified atom stereocenters. The monoisotopic (exact) mass is 648 g/mol. The zero-order chi connectivity index (χ0) is 32.1. The van der Waals surface area contributed by atoms with Gasteiger partial charge in [0.25, 0.3) is 0 Å². The van der Waals surface area contributed by atoms with E-state index in [0.29, 0.717) is 29.2 Å². The molecule has 0 amide bonds. The van der Waals surface area contributed by atoms with E-state index >= 15 is 0 Å². The van der Waals surface area contributed by atoms with E-state index < -0.39 is 11.9 Å². The van der Waals surface area contributed by atoms with E-state index in [9.17, 15) is 9.59 Å². The Morgan fingerprint density at radius 1 is 0.744 bits per heavy atom. The van der Waals surface area contributed by atoms with Crippen LogP contribution < -0.4 is 11.1 Å². The number of anilines is 3. The van der Waals surface area contributed by atoms with Crippen molar-refractivity contribution in [1.29, 1.82) is 0 Å². The van der Waals surface area contributed by atoms with Crippen molar-refractivity contribution in [2.45, 2.75) is 39.5 Å². The van der Waals surface area contributed by atoms with Crippen LogP contribution in [0.3, 0.4) is 0 Å². The number of nitrogens with zero attached hydrogens (tertiary/aromatic N) is 6. The third-order valence-corrected chi connectivity index (χ3v) is 5.91. The van der Waals surface area contributed by atoms with Crippen molar-refractivity contribution in [1.82, 2.24) is 30.4 Å². The van der Waals surface area contributed by atoms with E-state index in [4.69, 9.17) is 40.5 Å². The van der Waals surface area contributed by atoms with E-state index in [0.717, 1.165) is 11.4 Å². The van der Waals surface area contributed by atoms with Gasteiger partial charge in [-0.3, -0.25) is 0 Å². The number of aromatic nitrogens is 6. The predicted octanol–water partition coefficient (Wildman–Crippen LogP) is 6.54. The normalized spacial score (nSPS) is 10.2. The van der Waals surface area contributed by atoms with Gasteiger partial charge in [0, 0.05) is 17.5 Å². The first-order chi connectivity index (χ1) is 20.4. The number of ether oxygens (including phenoxy) is 2. The van der Waals surface area contributed by atoms with Gasteiger partial charge in [-0.15, -0.1) is 20.4 Å². The molecule has 15 heteroatoms. The first-order valence-corrected chi connectivity index (χ1v) is 13.8. The van der Waals surface area contributed by atoms with E-state index in [1.165, 1.54) is 26.4 Å². The minimum absolute atomic E-state index is 0.0384. The zero-order valence-corrected chi connectivity index (χ0v) is 26.6. The molecule has 0 atom stereocenters. The Morgan fingerprint density at radius 2 is 1.26 bits per heavy atom. The average molecular weight is 650 g/mol. The lowest BCUT2D eigenvalue weighted by Crippen LogP contribution is -2.10. The molecular weight excluding hydrogens is 619 g/mol. The van der Waals surface area contributed by atoms with E-state index in [1.807, 2.05) is 24.3 Å². The molecule has 0 radical (unpaired) electrons. The smallest absolute Gasteiger partial charge is 0.360 e. The Morgan fingerprint density at radius 3 is 1.77 bits per heavy atom. The largest absolute Gasteiger partial charge is 0.464 e. The number of methoxy groups -OCH3 is 2. The highest BCUT2D eigenvalue weighted by atomic mass is 35.5. The Labute approximate surface area is 264 Å². The fourth-order valence-corrected chi connectivity index (χ4v) is 3.63. The van der Waals surface area contributed by atoms with Gasteiger partial charge in [-0.25, -0.2) is 19.6 Å². The summed E-state index contributed by atoms with van der Waals surface area (Å²) in [4.78, 5) is 31.2. The van der Waals surface area contributed by atoms with Crippen molar-refractivity contribution >= 4 is 64.1 Å². The highest BCUT2D eigenvalue weighted by molar-refractivity contribution is 6.35. The molecule has 0 aliphatic heterocycles. The Hall–Kier alpha value is -4.13. The number of hydrogen-bond donors (Lipinski definition) is 2. The maximum absolute atomic E-state index is 11.7. The average Bonchev–Trinajstić information content (AvgIpc) is 2.97. The SMILES string of the molecule is CC(C)c1cccc(N)n1.COC(=O)c1nnc(Cl)cc1Cl.COC(=O)c1nnc(Cl)cc1Nc1cccc(C(C)C)n1. The number of esters is 2. The predicted molar refractivity (Wildman–Crippen MR) is 166 cm³/mol. The quantitative estimate of drug-likeness (QED) is 0.217. The molecule has 0 bridgehead atoms. The Balaban J connectivity index is 0.000000248. The van der Waals surface area contributed by atoms with Crippen molar-refractivity contribution in [3.05, 3.63) is 86.6 Å². The fourth-order valence-electron chi connectivity index (χ4n) is 3.06. The van der Waals surface area contributed by atoms with Crippen molar-refractivity contribution in [2.24, 2.45) is 0 Å². The van der Waals surface area contributed by atoms with Crippen LogP contribution in [-0.2, 0) is 9.47 Å². The molecule has 4 heterocycles. The van der Waals surface area contributed by atoms with Crippen molar-refractivity contribution < 1.29 is 19.1 Å². The summed E-state index contributed by atoms with van der Waals surface area (Å²) < 4.78 is 9.06. The summed E-state index contributed by atoms with van der Waals surface area (Å²) >= 11 is 16.9. The van der Waals surface area contributed by atoms with Crippen LogP contribution in [0.2, 0.25) is 15.3 Å². The highest BCUT2D eigenvalue weighted by Crippen LogP contribution is 2.23. The molecule has 43 heavy (non-hydrogen) atoms. The number of pyridine rings is 2. The van der Waals surface area contributed by atoms with Crippen LogP contribution in [0, 0.1) is 0 Å². The van der Waals surface area contributed by atoms with Crippen LogP contribution in [0.5, 0.6) is 0 Å². The minimum atomic E-state index is -0.635. The number of carbonyl (C=O) groups excluding carboxylic acids is 2. The molecule has 0 aliphatic rings. The first kappa shape index (κ1) is 35.1. The summed E-state index contributed by atoms with van der Waals surface area (Å²) in [5.41, 5.74) is 7.89. The van der Waals surface area contributed by atoms with Gasteiger partial charge in [-0.05, 0) is 42.2 Å². The number of nitrogens with two attached hydrogens (primary N) is 1. The summed E-state index contributed by atoms with van der Waals surface area (Å²) in [6.07, 6.45) is 0. The van der Waals surface area contributed by atoms with Crippen LogP contribution in [0.1, 0.15) is 71.9 Å². The lowest BCUT2D eigenvalue weighted by molar-refractivity contribution is 0.0584. The lowest BCUT2D eigenvalue weighted by atomic mass is 10.1. The molecule has 12 nitrogen and oxygen atoms in total. The van der Waals surface area contributed by atoms with Gasteiger partial charge in [0.1, 0.15) is 11.6 Å². The molecule has 4 rings (SSSR count). The summed E-state index contributed by atoms with van der Waals surface area (Å²) in [7, 11) is 2.51. The molecule has 3 N–H and O–H groups in total. The number of halogens is 3. The van der Waals surface area contributed by atoms with Gasteiger partial charge in [0.05, 0.1) is 24.9 Å². The van der Waals surface area contributed by atoms with Crippen molar-refractivity contribution in [3.63, 3.8) is 0 Å². The summed E-state index contributed by atoms with van der Waals surface area (Å²) in [5, 5.41) is 17.8. The second-order valence-electron chi connectivity index (χ2n) is 9.15. The van der Waals surface area contributed by atoms with Gasteiger partial charge in [-0.2, -0.15) is 0 Å². The topological polar surface area (TPSA) is 168 Å². The van der Waals surface area contributed by atoms with Crippen LogP contribution in [0.15, 0.2) is 48.5 Å². The molecule has 0 saturated heterocycles. The summed E-state index contributed by atoms with van der Waals surface area (Å²) in [6, 6.07) is 14.2. The molecule has 228 valence electrons. The van der Waals surface area contributed by atoms with Crippen molar-refractivity contribution in [2.75, 3.05) is 25.3 Å². The molecule has 0 aliphatic carbocycles. The van der Waals surface area contributed by atoms with Crippen LogP contribution in [-0.4, -0.2) is 56.5 Å². The van der Waals surface area contributed by atoms with Crippen LogP contribution in [0.4, 0.5) is 17.3 Å². The van der Waals surface area contributed by atoms with E-state index in [2.05, 4.69) is 72.8 Å². The van der Waals surface area contributed by atoms with E-state index in [1.54, 1.807) is 12.1 Å². The number of rotatable bonds is 6. The van der Waals surface area contributed by atoms with Gasteiger partial charge in [0.2, 0.25) is 0 Å². The lowest BCUT2D eigenvalue weighted by Gasteiger charge is -2.11.